The molecule has 1 aromatic rings. The normalized spacial score (nSPS) is 16.2. The Balaban J connectivity index is 2.66. The van der Waals surface area contributed by atoms with E-state index < -0.39 is 11.4 Å². The van der Waals surface area contributed by atoms with Crippen LogP contribution < -0.4 is 9.47 Å². The molecule has 0 saturated heterocycles. The fraction of sp³-hybridized carbons (Fsp3) is 0.462. The van der Waals surface area contributed by atoms with E-state index >= 15 is 0 Å². The zero-order valence-electron chi connectivity index (χ0n) is 10.5. The summed E-state index contributed by atoms with van der Waals surface area (Å²) in [6.45, 7) is 1.84. The first kappa shape index (κ1) is 13.0. The molecule has 0 spiro atoms. The molecular formula is C13H15ClO4. The number of aryl methyl sites for hydroxylation is 1. The minimum Gasteiger partial charge on any atom is -0.493 e. The number of aliphatic carboxylic acids is 1. The number of carboxylic acid groups (broad SMARTS) is 1. The minimum absolute atomic E-state index is 0.342. The number of benzene rings is 1. The molecule has 0 atom stereocenters. The Morgan fingerprint density at radius 3 is 2.39 bits per heavy atom. The standard InChI is InChI=1S/C13H15ClO4/c1-7-6-8(17-2)11(18-3)10(14)9(7)13(4-5-13)12(15)16/h6H,4-5H2,1-3H3,(H,15,16). The zero-order chi connectivity index (χ0) is 13.5. The van der Waals surface area contributed by atoms with Gasteiger partial charge in [0.15, 0.2) is 11.5 Å². The molecule has 1 N–H and O–H groups in total. The highest BCUT2D eigenvalue weighted by Crippen LogP contribution is 2.55. The van der Waals surface area contributed by atoms with Gasteiger partial charge in [-0.3, -0.25) is 4.79 Å². The molecule has 2 rings (SSSR count). The number of carbonyl (C=O) groups is 1. The van der Waals surface area contributed by atoms with Crippen molar-refractivity contribution in [3.8, 4) is 11.5 Å². The van der Waals surface area contributed by atoms with Crippen LogP contribution in [0.4, 0.5) is 0 Å². The van der Waals surface area contributed by atoms with Crippen LogP contribution in [0.15, 0.2) is 6.07 Å². The summed E-state index contributed by atoms with van der Waals surface area (Å²) in [6, 6.07) is 1.77. The van der Waals surface area contributed by atoms with Gasteiger partial charge >= 0.3 is 5.97 Å². The first-order valence-electron chi connectivity index (χ1n) is 5.63. The number of methoxy groups -OCH3 is 2. The molecule has 0 bridgehead atoms. The van der Waals surface area contributed by atoms with Gasteiger partial charge in [-0.05, 0) is 37.0 Å². The van der Waals surface area contributed by atoms with Crippen LogP contribution in [0.3, 0.4) is 0 Å². The van der Waals surface area contributed by atoms with E-state index in [1.54, 1.807) is 6.07 Å². The number of hydrogen-bond acceptors (Lipinski definition) is 3. The van der Waals surface area contributed by atoms with Gasteiger partial charge in [-0.1, -0.05) is 11.6 Å². The first-order chi connectivity index (χ1) is 8.47. The van der Waals surface area contributed by atoms with E-state index in [-0.39, 0.29) is 0 Å². The molecule has 0 aliphatic heterocycles. The molecule has 1 aromatic carbocycles. The van der Waals surface area contributed by atoms with Gasteiger partial charge in [0, 0.05) is 0 Å². The third-order valence-corrected chi connectivity index (χ3v) is 3.81. The van der Waals surface area contributed by atoms with E-state index in [0.29, 0.717) is 34.9 Å². The smallest absolute Gasteiger partial charge is 0.314 e. The third kappa shape index (κ3) is 1.72. The molecule has 0 amide bonds. The maximum Gasteiger partial charge on any atom is 0.314 e. The minimum atomic E-state index is -0.847. The quantitative estimate of drug-likeness (QED) is 0.914. The van der Waals surface area contributed by atoms with Crippen molar-refractivity contribution in [3.63, 3.8) is 0 Å². The van der Waals surface area contributed by atoms with Crippen LogP contribution in [0.25, 0.3) is 0 Å². The molecule has 1 fully saturated rings. The lowest BCUT2D eigenvalue weighted by atomic mass is 9.91. The Labute approximate surface area is 110 Å². The Morgan fingerprint density at radius 2 is 2.00 bits per heavy atom. The van der Waals surface area contributed by atoms with Gasteiger partial charge in [-0.2, -0.15) is 0 Å². The molecule has 0 aromatic heterocycles. The maximum absolute atomic E-state index is 11.4. The van der Waals surface area contributed by atoms with E-state index in [4.69, 9.17) is 21.1 Å². The van der Waals surface area contributed by atoms with Crippen molar-refractivity contribution < 1.29 is 19.4 Å². The van der Waals surface area contributed by atoms with Gasteiger partial charge in [0.1, 0.15) is 0 Å². The van der Waals surface area contributed by atoms with Gasteiger partial charge < -0.3 is 14.6 Å². The SMILES string of the molecule is COc1cc(C)c(C2(C(=O)O)CC2)c(Cl)c1OC. The predicted octanol–water partition coefficient (Wildman–Crippen LogP) is 2.78. The molecule has 1 aliphatic rings. The molecule has 5 heteroatoms. The van der Waals surface area contributed by atoms with Crippen LogP contribution in [0.2, 0.25) is 5.02 Å². The fourth-order valence-electron chi connectivity index (χ4n) is 2.35. The lowest BCUT2D eigenvalue weighted by Gasteiger charge is -2.19. The number of hydrogen-bond donors (Lipinski definition) is 1. The molecule has 1 saturated carbocycles. The fourth-order valence-corrected chi connectivity index (χ4v) is 2.85. The van der Waals surface area contributed by atoms with Crippen LogP contribution in [0.5, 0.6) is 11.5 Å². The van der Waals surface area contributed by atoms with Gasteiger partial charge in [0.05, 0.1) is 24.7 Å². The molecule has 1 aliphatic carbocycles. The van der Waals surface area contributed by atoms with Gasteiger partial charge in [0.2, 0.25) is 0 Å². The largest absolute Gasteiger partial charge is 0.493 e. The summed E-state index contributed by atoms with van der Waals surface area (Å²) in [5, 5.41) is 9.71. The summed E-state index contributed by atoms with van der Waals surface area (Å²) in [6.07, 6.45) is 1.22. The molecule has 0 unspecified atom stereocenters. The van der Waals surface area contributed by atoms with Crippen molar-refractivity contribution >= 4 is 17.6 Å². The van der Waals surface area contributed by atoms with Crippen molar-refractivity contribution in [2.75, 3.05) is 14.2 Å². The molecule has 0 heterocycles. The van der Waals surface area contributed by atoms with Crippen molar-refractivity contribution in [2.24, 2.45) is 0 Å². The van der Waals surface area contributed by atoms with Crippen LogP contribution in [0, 0.1) is 6.92 Å². The predicted molar refractivity (Wildman–Crippen MR) is 67.8 cm³/mol. The highest BCUT2D eigenvalue weighted by atomic mass is 35.5. The number of rotatable bonds is 4. The summed E-state index contributed by atoms with van der Waals surface area (Å²) in [4.78, 5) is 11.4. The average Bonchev–Trinajstić information content (AvgIpc) is 3.09. The van der Waals surface area contributed by atoms with Crippen molar-refractivity contribution in [3.05, 3.63) is 22.2 Å². The highest BCUT2D eigenvalue weighted by molar-refractivity contribution is 6.33. The second-order valence-corrected chi connectivity index (χ2v) is 4.88. The Morgan fingerprint density at radius 1 is 1.39 bits per heavy atom. The number of halogens is 1. The number of ether oxygens (including phenoxy) is 2. The van der Waals surface area contributed by atoms with E-state index in [1.807, 2.05) is 6.92 Å². The van der Waals surface area contributed by atoms with Crippen molar-refractivity contribution in [1.82, 2.24) is 0 Å². The van der Waals surface area contributed by atoms with Crippen molar-refractivity contribution in [2.45, 2.75) is 25.2 Å². The van der Waals surface area contributed by atoms with Crippen LogP contribution >= 0.6 is 11.6 Å². The summed E-state index contributed by atoms with van der Waals surface area (Å²) in [5.74, 6) is 0.0805. The summed E-state index contributed by atoms with van der Waals surface area (Å²) < 4.78 is 10.4. The van der Waals surface area contributed by atoms with E-state index in [1.165, 1.54) is 14.2 Å². The van der Waals surface area contributed by atoms with E-state index in [9.17, 15) is 9.90 Å². The third-order valence-electron chi connectivity index (χ3n) is 3.45. The van der Waals surface area contributed by atoms with Crippen LogP contribution in [-0.4, -0.2) is 25.3 Å². The first-order valence-corrected chi connectivity index (χ1v) is 6.00. The summed E-state index contributed by atoms with van der Waals surface area (Å²) in [7, 11) is 3.01. The van der Waals surface area contributed by atoms with E-state index in [2.05, 4.69) is 0 Å². The Hall–Kier alpha value is -1.42. The second-order valence-electron chi connectivity index (χ2n) is 4.51. The zero-order valence-corrected chi connectivity index (χ0v) is 11.3. The van der Waals surface area contributed by atoms with Gasteiger partial charge in [-0.15, -0.1) is 0 Å². The number of carboxylic acids is 1. The van der Waals surface area contributed by atoms with Gasteiger partial charge in [-0.25, -0.2) is 0 Å². The maximum atomic E-state index is 11.4. The molecular weight excluding hydrogens is 256 g/mol. The van der Waals surface area contributed by atoms with Crippen LogP contribution in [-0.2, 0) is 10.2 Å². The van der Waals surface area contributed by atoms with Crippen LogP contribution in [0.1, 0.15) is 24.0 Å². The molecule has 0 radical (unpaired) electrons. The molecule has 18 heavy (non-hydrogen) atoms. The Bertz CT molecular complexity index is 506. The Kier molecular flexibility index (Phi) is 3.15. The molecule has 4 nitrogen and oxygen atoms in total. The van der Waals surface area contributed by atoms with Crippen molar-refractivity contribution in [1.29, 1.82) is 0 Å². The van der Waals surface area contributed by atoms with Gasteiger partial charge in [0.25, 0.3) is 0 Å². The lowest BCUT2D eigenvalue weighted by Crippen LogP contribution is -2.21. The lowest BCUT2D eigenvalue weighted by molar-refractivity contribution is -0.140. The summed E-state index contributed by atoms with van der Waals surface area (Å²) >= 11 is 6.30. The average molecular weight is 271 g/mol. The topological polar surface area (TPSA) is 55.8 Å². The summed E-state index contributed by atoms with van der Waals surface area (Å²) in [5.41, 5.74) is 0.618. The second kappa shape index (κ2) is 4.35. The molecule has 98 valence electrons. The monoisotopic (exact) mass is 270 g/mol. The highest BCUT2D eigenvalue weighted by Gasteiger charge is 2.54. The van der Waals surface area contributed by atoms with E-state index in [0.717, 1.165) is 5.56 Å².